The van der Waals surface area contributed by atoms with Crippen LogP contribution in [0.3, 0.4) is 0 Å². The lowest BCUT2D eigenvalue weighted by atomic mass is 10.2. The van der Waals surface area contributed by atoms with Gasteiger partial charge in [0, 0.05) is 16.6 Å². The van der Waals surface area contributed by atoms with Crippen LogP contribution in [0, 0.1) is 11.3 Å². The molecule has 0 atom stereocenters. The lowest BCUT2D eigenvalue weighted by molar-refractivity contribution is -0.119. The zero-order chi connectivity index (χ0) is 12.8. The molecule has 90 valence electrons. The molecule has 0 unspecified atom stereocenters. The van der Waals surface area contributed by atoms with E-state index in [0.29, 0.717) is 17.0 Å². The molecule has 5 heteroatoms. The summed E-state index contributed by atoms with van der Waals surface area (Å²) in [5.74, 6) is 0.308. The fourth-order valence-electron chi connectivity index (χ4n) is 1.26. The third-order valence-corrected chi connectivity index (χ3v) is 3.04. The van der Waals surface area contributed by atoms with E-state index in [1.165, 1.54) is 11.8 Å². The molecule has 0 fully saturated rings. The second-order valence-corrected chi connectivity index (χ2v) is 4.89. The first-order valence-electron chi connectivity index (χ1n) is 5.24. The summed E-state index contributed by atoms with van der Waals surface area (Å²) in [7, 11) is 0. The number of benzene rings is 1. The Morgan fingerprint density at radius 1 is 1.59 bits per heavy atom. The van der Waals surface area contributed by atoms with Crippen molar-refractivity contribution in [1.29, 1.82) is 5.26 Å². The standard InChI is InChI=1S/C12H15N3OS/c1-8(2)15-12(16)7-17-11-4-3-9(6-13)5-10(11)14/h3-5,8H,7,14H2,1-2H3,(H,15,16). The first kappa shape index (κ1) is 13.4. The van der Waals surface area contributed by atoms with E-state index < -0.39 is 0 Å². The molecule has 0 aliphatic heterocycles. The van der Waals surface area contributed by atoms with Gasteiger partial charge in [0.25, 0.3) is 0 Å². The Morgan fingerprint density at radius 2 is 2.29 bits per heavy atom. The topological polar surface area (TPSA) is 78.9 Å². The summed E-state index contributed by atoms with van der Waals surface area (Å²) < 4.78 is 0. The molecule has 0 saturated heterocycles. The summed E-state index contributed by atoms with van der Waals surface area (Å²) in [6, 6.07) is 7.23. The number of nitriles is 1. The molecule has 4 nitrogen and oxygen atoms in total. The molecule has 3 N–H and O–H groups in total. The van der Waals surface area contributed by atoms with Crippen molar-refractivity contribution >= 4 is 23.4 Å². The highest BCUT2D eigenvalue weighted by Gasteiger charge is 2.06. The van der Waals surface area contributed by atoms with Gasteiger partial charge in [-0.05, 0) is 32.0 Å². The second kappa shape index (κ2) is 6.16. The van der Waals surface area contributed by atoms with Crippen LogP contribution in [0.2, 0.25) is 0 Å². The monoisotopic (exact) mass is 249 g/mol. The number of hydrogen-bond donors (Lipinski definition) is 2. The van der Waals surface area contributed by atoms with E-state index in [9.17, 15) is 4.79 Å². The van der Waals surface area contributed by atoms with Gasteiger partial charge in [-0.25, -0.2) is 0 Å². The van der Waals surface area contributed by atoms with Crippen molar-refractivity contribution in [2.75, 3.05) is 11.5 Å². The van der Waals surface area contributed by atoms with Crippen LogP contribution < -0.4 is 11.1 Å². The van der Waals surface area contributed by atoms with Crippen molar-refractivity contribution in [1.82, 2.24) is 5.32 Å². The summed E-state index contributed by atoms with van der Waals surface area (Å²) >= 11 is 1.37. The average molecular weight is 249 g/mol. The van der Waals surface area contributed by atoms with Gasteiger partial charge in [0.2, 0.25) is 5.91 Å². The van der Waals surface area contributed by atoms with E-state index in [4.69, 9.17) is 11.0 Å². The first-order valence-corrected chi connectivity index (χ1v) is 6.23. The number of nitrogens with zero attached hydrogens (tertiary/aromatic N) is 1. The first-order chi connectivity index (χ1) is 8.02. The molecule has 0 saturated carbocycles. The van der Waals surface area contributed by atoms with E-state index in [1.54, 1.807) is 18.2 Å². The van der Waals surface area contributed by atoms with Crippen LogP contribution in [0.4, 0.5) is 5.69 Å². The number of amides is 1. The van der Waals surface area contributed by atoms with Gasteiger partial charge >= 0.3 is 0 Å². The van der Waals surface area contributed by atoms with E-state index in [1.807, 2.05) is 19.9 Å². The predicted molar refractivity (Wildman–Crippen MR) is 69.6 cm³/mol. The zero-order valence-corrected chi connectivity index (χ0v) is 10.7. The highest BCUT2D eigenvalue weighted by molar-refractivity contribution is 8.00. The number of rotatable bonds is 4. The highest BCUT2D eigenvalue weighted by atomic mass is 32.2. The van der Waals surface area contributed by atoms with E-state index in [0.717, 1.165) is 4.90 Å². The van der Waals surface area contributed by atoms with Crippen LogP contribution in [-0.2, 0) is 4.79 Å². The molecule has 0 heterocycles. The number of carbonyl (C=O) groups excluding carboxylic acids is 1. The van der Waals surface area contributed by atoms with Gasteiger partial charge in [0.05, 0.1) is 17.4 Å². The Kier molecular flexibility index (Phi) is 4.85. The maximum absolute atomic E-state index is 11.4. The average Bonchev–Trinajstić information content (AvgIpc) is 2.26. The van der Waals surface area contributed by atoms with Gasteiger partial charge in [-0.15, -0.1) is 11.8 Å². The van der Waals surface area contributed by atoms with Gasteiger partial charge in [0.15, 0.2) is 0 Å². The van der Waals surface area contributed by atoms with Gasteiger partial charge in [-0.2, -0.15) is 5.26 Å². The van der Waals surface area contributed by atoms with Crippen molar-refractivity contribution < 1.29 is 4.79 Å². The molecule has 0 aliphatic rings. The van der Waals surface area contributed by atoms with E-state index in [2.05, 4.69) is 5.32 Å². The van der Waals surface area contributed by atoms with Crippen molar-refractivity contribution in [3.8, 4) is 6.07 Å². The molecule has 1 rings (SSSR count). The van der Waals surface area contributed by atoms with Crippen LogP contribution >= 0.6 is 11.8 Å². The van der Waals surface area contributed by atoms with Crippen LogP contribution in [0.5, 0.6) is 0 Å². The minimum atomic E-state index is -0.0197. The van der Waals surface area contributed by atoms with Crippen LogP contribution in [0.1, 0.15) is 19.4 Å². The second-order valence-electron chi connectivity index (χ2n) is 3.88. The molecule has 17 heavy (non-hydrogen) atoms. The lowest BCUT2D eigenvalue weighted by Gasteiger charge is -2.09. The van der Waals surface area contributed by atoms with Crippen LogP contribution in [0.15, 0.2) is 23.1 Å². The summed E-state index contributed by atoms with van der Waals surface area (Å²) in [4.78, 5) is 12.3. The van der Waals surface area contributed by atoms with Crippen molar-refractivity contribution in [3.05, 3.63) is 23.8 Å². The fourth-order valence-corrected chi connectivity index (χ4v) is 2.02. The minimum absolute atomic E-state index is 0.0197. The molecule has 0 aromatic heterocycles. The van der Waals surface area contributed by atoms with Crippen LogP contribution in [0.25, 0.3) is 0 Å². The Balaban J connectivity index is 2.58. The minimum Gasteiger partial charge on any atom is -0.398 e. The fraction of sp³-hybridized carbons (Fsp3) is 0.333. The molecule has 1 aromatic carbocycles. The molecule has 0 aliphatic carbocycles. The quantitative estimate of drug-likeness (QED) is 0.629. The van der Waals surface area contributed by atoms with Crippen molar-refractivity contribution in [2.24, 2.45) is 0 Å². The molecular weight excluding hydrogens is 234 g/mol. The maximum Gasteiger partial charge on any atom is 0.230 e. The third-order valence-electron chi connectivity index (χ3n) is 1.95. The number of hydrogen-bond acceptors (Lipinski definition) is 4. The molecule has 1 amide bonds. The predicted octanol–water partition coefficient (Wildman–Crippen LogP) is 1.76. The number of thioether (sulfide) groups is 1. The smallest absolute Gasteiger partial charge is 0.230 e. The van der Waals surface area contributed by atoms with Crippen molar-refractivity contribution in [3.63, 3.8) is 0 Å². The van der Waals surface area contributed by atoms with E-state index in [-0.39, 0.29) is 11.9 Å². The Morgan fingerprint density at radius 3 is 2.82 bits per heavy atom. The zero-order valence-electron chi connectivity index (χ0n) is 9.86. The van der Waals surface area contributed by atoms with Gasteiger partial charge in [-0.1, -0.05) is 0 Å². The summed E-state index contributed by atoms with van der Waals surface area (Å²) in [5, 5.41) is 11.5. The Labute approximate surface area is 105 Å². The third kappa shape index (κ3) is 4.37. The normalized spacial score (nSPS) is 10.0. The van der Waals surface area contributed by atoms with Crippen molar-refractivity contribution in [2.45, 2.75) is 24.8 Å². The molecule has 1 aromatic rings. The molecule has 0 spiro atoms. The van der Waals surface area contributed by atoms with Gasteiger partial charge in [0.1, 0.15) is 0 Å². The summed E-state index contributed by atoms with van der Waals surface area (Å²) in [6.07, 6.45) is 0. The SMILES string of the molecule is CC(C)NC(=O)CSc1ccc(C#N)cc1N. The lowest BCUT2D eigenvalue weighted by Crippen LogP contribution is -2.31. The molecular formula is C12H15N3OS. The van der Waals surface area contributed by atoms with Gasteiger partial charge < -0.3 is 11.1 Å². The number of nitrogens with one attached hydrogen (secondary N) is 1. The number of nitrogen functional groups attached to an aromatic ring is 1. The largest absolute Gasteiger partial charge is 0.398 e. The number of nitrogens with two attached hydrogens (primary N) is 1. The van der Waals surface area contributed by atoms with E-state index >= 15 is 0 Å². The summed E-state index contributed by atoms with van der Waals surface area (Å²) in [6.45, 7) is 3.83. The molecule has 0 radical (unpaired) electrons. The highest BCUT2D eigenvalue weighted by Crippen LogP contribution is 2.25. The van der Waals surface area contributed by atoms with Gasteiger partial charge in [-0.3, -0.25) is 4.79 Å². The number of anilines is 1. The van der Waals surface area contributed by atoms with Crippen LogP contribution in [-0.4, -0.2) is 17.7 Å². The number of carbonyl (C=O) groups is 1. The molecule has 0 bridgehead atoms. The summed E-state index contributed by atoms with van der Waals surface area (Å²) in [5.41, 5.74) is 6.84. The Bertz CT molecular complexity index is 452. The Hall–Kier alpha value is -1.67. The maximum atomic E-state index is 11.4.